The summed E-state index contributed by atoms with van der Waals surface area (Å²) in [5.74, 6) is 0.659. The van der Waals surface area contributed by atoms with Crippen LogP contribution in [0.25, 0.3) is 0 Å². The second-order valence-corrected chi connectivity index (χ2v) is 6.08. The molecule has 0 bridgehead atoms. The summed E-state index contributed by atoms with van der Waals surface area (Å²) < 4.78 is 18.8. The SMILES string of the molecule is CC(C)Oc1ccc(Nc2ccc(NC(=O)c3cccc(F)c3)nn2)cc1. The zero-order chi connectivity index (χ0) is 19.2. The molecule has 0 fully saturated rings. The Labute approximate surface area is 156 Å². The highest BCUT2D eigenvalue weighted by Crippen LogP contribution is 2.20. The van der Waals surface area contributed by atoms with Crippen molar-refractivity contribution in [3.8, 4) is 5.75 Å². The molecule has 3 rings (SSSR count). The second-order valence-electron chi connectivity index (χ2n) is 6.08. The zero-order valence-electron chi connectivity index (χ0n) is 14.9. The first-order valence-electron chi connectivity index (χ1n) is 8.44. The molecule has 6 nitrogen and oxygen atoms in total. The first-order chi connectivity index (χ1) is 13.0. The lowest BCUT2D eigenvalue weighted by atomic mass is 10.2. The van der Waals surface area contributed by atoms with E-state index in [-0.39, 0.29) is 17.5 Å². The number of amides is 1. The average Bonchev–Trinajstić information content (AvgIpc) is 2.64. The minimum atomic E-state index is -0.474. The van der Waals surface area contributed by atoms with E-state index in [0.717, 1.165) is 17.5 Å². The Kier molecular flexibility index (Phi) is 5.61. The van der Waals surface area contributed by atoms with Gasteiger partial charge in [0.2, 0.25) is 0 Å². The molecule has 2 N–H and O–H groups in total. The molecule has 0 radical (unpaired) electrons. The normalized spacial score (nSPS) is 10.5. The molecule has 1 heterocycles. The fourth-order valence-corrected chi connectivity index (χ4v) is 2.32. The van der Waals surface area contributed by atoms with Crippen LogP contribution in [0.4, 0.5) is 21.7 Å². The largest absolute Gasteiger partial charge is 0.491 e. The lowest BCUT2D eigenvalue weighted by molar-refractivity contribution is 0.102. The van der Waals surface area contributed by atoms with Crippen molar-refractivity contribution in [3.05, 3.63) is 72.0 Å². The van der Waals surface area contributed by atoms with Gasteiger partial charge in [-0.25, -0.2) is 4.39 Å². The van der Waals surface area contributed by atoms with Crippen LogP contribution in [0.15, 0.2) is 60.7 Å². The van der Waals surface area contributed by atoms with Crippen LogP contribution in [-0.4, -0.2) is 22.2 Å². The Morgan fingerprint density at radius 3 is 2.33 bits per heavy atom. The van der Waals surface area contributed by atoms with E-state index in [1.54, 1.807) is 12.1 Å². The Hall–Kier alpha value is -3.48. The van der Waals surface area contributed by atoms with E-state index in [2.05, 4.69) is 20.8 Å². The van der Waals surface area contributed by atoms with E-state index in [4.69, 9.17) is 4.74 Å². The number of benzene rings is 2. The molecule has 138 valence electrons. The topological polar surface area (TPSA) is 76.1 Å². The summed E-state index contributed by atoms with van der Waals surface area (Å²) in [6.07, 6.45) is 0.116. The van der Waals surface area contributed by atoms with Gasteiger partial charge >= 0.3 is 0 Å². The summed E-state index contributed by atoms with van der Waals surface area (Å²) >= 11 is 0. The minimum absolute atomic E-state index is 0.116. The molecule has 1 aromatic heterocycles. The first-order valence-corrected chi connectivity index (χ1v) is 8.44. The smallest absolute Gasteiger partial charge is 0.256 e. The summed E-state index contributed by atoms with van der Waals surface area (Å²) in [4.78, 5) is 12.1. The zero-order valence-corrected chi connectivity index (χ0v) is 14.9. The average molecular weight is 366 g/mol. The molecule has 0 unspecified atom stereocenters. The molecule has 0 saturated carbocycles. The van der Waals surface area contributed by atoms with Gasteiger partial charge in [-0.15, -0.1) is 10.2 Å². The number of ether oxygens (including phenoxy) is 1. The molecule has 3 aromatic rings. The highest BCUT2D eigenvalue weighted by molar-refractivity contribution is 6.03. The van der Waals surface area contributed by atoms with Crippen LogP contribution in [0, 0.1) is 5.82 Å². The predicted octanol–water partition coefficient (Wildman–Crippen LogP) is 4.40. The van der Waals surface area contributed by atoms with Gasteiger partial charge in [0.15, 0.2) is 11.6 Å². The molecule has 0 saturated heterocycles. The van der Waals surface area contributed by atoms with Crippen LogP contribution < -0.4 is 15.4 Å². The van der Waals surface area contributed by atoms with Crippen molar-refractivity contribution in [1.82, 2.24) is 10.2 Å². The summed E-state index contributed by atoms with van der Waals surface area (Å²) in [6, 6.07) is 16.2. The van der Waals surface area contributed by atoms with E-state index < -0.39 is 11.7 Å². The molecule has 0 spiro atoms. The number of nitrogens with one attached hydrogen (secondary N) is 2. The molecular weight excluding hydrogens is 347 g/mol. The first kappa shape index (κ1) is 18.3. The maximum Gasteiger partial charge on any atom is 0.256 e. The molecule has 7 heteroatoms. The number of rotatable bonds is 6. The van der Waals surface area contributed by atoms with Gasteiger partial charge in [0.05, 0.1) is 6.10 Å². The maximum atomic E-state index is 13.2. The summed E-state index contributed by atoms with van der Waals surface area (Å²) in [6.45, 7) is 3.94. The van der Waals surface area contributed by atoms with Crippen LogP contribution in [-0.2, 0) is 0 Å². The van der Waals surface area contributed by atoms with Crippen molar-refractivity contribution < 1.29 is 13.9 Å². The Bertz CT molecular complexity index is 912. The van der Waals surface area contributed by atoms with Crippen molar-refractivity contribution in [2.24, 2.45) is 0 Å². The van der Waals surface area contributed by atoms with Crippen molar-refractivity contribution in [2.45, 2.75) is 20.0 Å². The third kappa shape index (κ3) is 5.24. The van der Waals surface area contributed by atoms with Gasteiger partial charge in [0.1, 0.15) is 11.6 Å². The quantitative estimate of drug-likeness (QED) is 0.676. The van der Waals surface area contributed by atoms with E-state index in [1.807, 2.05) is 38.1 Å². The predicted molar refractivity (Wildman–Crippen MR) is 102 cm³/mol. The molecule has 0 aliphatic rings. The van der Waals surface area contributed by atoms with Gasteiger partial charge in [0, 0.05) is 11.3 Å². The van der Waals surface area contributed by atoms with Crippen LogP contribution in [0.3, 0.4) is 0 Å². The van der Waals surface area contributed by atoms with Crippen LogP contribution >= 0.6 is 0 Å². The van der Waals surface area contributed by atoms with E-state index in [9.17, 15) is 9.18 Å². The third-order valence-electron chi connectivity index (χ3n) is 3.49. The van der Waals surface area contributed by atoms with Crippen LogP contribution in [0.2, 0.25) is 0 Å². The fraction of sp³-hybridized carbons (Fsp3) is 0.150. The summed E-state index contributed by atoms with van der Waals surface area (Å²) in [5, 5.41) is 13.7. The maximum absolute atomic E-state index is 13.2. The molecule has 1 amide bonds. The highest BCUT2D eigenvalue weighted by atomic mass is 19.1. The van der Waals surface area contributed by atoms with Gasteiger partial charge in [-0.3, -0.25) is 4.79 Å². The number of nitrogens with zero attached hydrogens (tertiary/aromatic N) is 2. The van der Waals surface area contributed by atoms with E-state index in [1.165, 1.54) is 18.2 Å². The molecule has 0 aliphatic heterocycles. The number of hydrogen-bond donors (Lipinski definition) is 2. The highest BCUT2D eigenvalue weighted by Gasteiger charge is 2.08. The van der Waals surface area contributed by atoms with Crippen molar-refractivity contribution in [3.63, 3.8) is 0 Å². The molecular formula is C20H19FN4O2. The lowest BCUT2D eigenvalue weighted by Gasteiger charge is -2.11. The van der Waals surface area contributed by atoms with Gasteiger partial charge in [0.25, 0.3) is 5.91 Å². The Morgan fingerprint density at radius 1 is 1.00 bits per heavy atom. The Morgan fingerprint density at radius 2 is 1.70 bits per heavy atom. The number of anilines is 3. The van der Waals surface area contributed by atoms with Gasteiger partial charge < -0.3 is 15.4 Å². The van der Waals surface area contributed by atoms with Crippen molar-refractivity contribution in [1.29, 1.82) is 0 Å². The van der Waals surface area contributed by atoms with Gasteiger partial charge in [-0.1, -0.05) is 6.07 Å². The van der Waals surface area contributed by atoms with Crippen molar-refractivity contribution >= 4 is 23.2 Å². The number of halogens is 1. The Balaban J connectivity index is 1.61. The van der Waals surface area contributed by atoms with Gasteiger partial charge in [-0.05, 0) is 68.4 Å². The van der Waals surface area contributed by atoms with Crippen LogP contribution in [0.5, 0.6) is 5.75 Å². The molecule has 0 atom stereocenters. The number of carbonyl (C=O) groups is 1. The third-order valence-corrected chi connectivity index (χ3v) is 3.49. The minimum Gasteiger partial charge on any atom is -0.491 e. The molecule has 0 aliphatic carbocycles. The molecule has 27 heavy (non-hydrogen) atoms. The van der Waals surface area contributed by atoms with Crippen molar-refractivity contribution in [2.75, 3.05) is 10.6 Å². The van der Waals surface area contributed by atoms with E-state index >= 15 is 0 Å². The summed E-state index contributed by atoms with van der Waals surface area (Å²) in [7, 11) is 0. The fourth-order valence-electron chi connectivity index (χ4n) is 2.32. The van der Waals surface area contributed by atoms with E-state index in [0.29, 0.717) is 5.82 Å². The number of aromatic nitrogens is 2. The molecule has 2 aromatic carbocycles. The number of hydrogen-bond acceptors (Lipinski definition) is 5. The standard InChI is InChI=1S/C20H19FN4O2/c1-13(2)27-17-8-6-16(7-9-17)22-18-10-11-19(25-24-18)23-20(26)14-4-3-5-15(21)12-14/h3-13H,1-2H3,(H,22,24)(H,23,25,26). The van der Waals surface area contributed by atoms with Crippen LogP contribution in [0.1, 0.15) is 24.2 Å². The lowest BCUT2D eigenvalue weighted by Crippen LogP contribution is -2.13. The summed E-state index contributed by atoms with van der Waals surface area (Å²) in [5.41, 5.74) is 1.04. The number of carbonyl (C=O) groups excluding carboxylic acids is 1. The second kappa shape index (κ2) is 8.27. The monoisotopic (exact) mass is 366 g/mol. The van der Waals surface area contributed by atoms with Gasteiger partial charge in [-0.2, -0.15) is 0 Å².